The van der Waals surface area contributed by atoms with Gasteiger partial charge in [-0.15, -0.1) is 11.3 Å². The fourth-order valence-electron chi connectivity index (χ4n) is 4.33. The largest absolute Gasteiger partial charge is 0.331 e. The molecule has 1 amide bonds. The molecule has 0 aliphatic carbocycles. The minimum absolute atomic E-state index is 0.0355. The SMILES string of the molecule is O=C(CCn1[nH]c(=O)c2ccccc2c1=O)N1CCc2sccc2[C@H]1c1ccccc1. The topological polar surface area (TPSA) is 75.2 Å². The fourth-order valence-corrected chi connectivity index (χ4v) is 5.24. The third-order valence-corrected chi connectivity index (χ3v) is 6.83. The number of benzene rings is 2. The molecule has 0 fully saturated rings. The van der Waals surface area contributed by atoms with Gasteiger partial charge in [0.05, 0.1) is 23.4 Å². The summed E-state index contributed by atoms with van der Waals surface area (Å²) in [6, 6.07) is 18.7. The Morgan fingerprint density at radius 2 is 1.74 bits per heavy atom. The molecule has 1 N–H and O–H groups in total. The van der Waals surface area contributed by atoms with Gasteiger partial charge in [-0.05, 0) is 41.1 Å². The zero-order chi connectivity index (χ0) is 21.4. The molecule has 0 radical (unpaired) electrons. The van der Waals surface area contributed by atoms with E-state index in [4.69, 9.17) is 0 Å². The van der Waals surface area contributed by atoms with Crippen molar-refractivity contribution in [3.63, 3.8) is 0 Å². The molecule has 2 aromatic heterocycles. The normalized spacial score (nSPS) is 15.7. The zero-order valence-corrected chi connectivity index (χ0v) is 17.6. The Morgan fingerprint density at radius 1 is 1.00 bits per heavy atom. The van der Waals surface area contributed by atoms with Gasteiger partial charge in [0.25, 0.3) is 11.1 Å². The predicted octanol–water partition coefficient (Wildman–Crippen LogP) is 3.32. The molecule has 0 saturated carbocycles. The maximum Gasteiger partial charge on any atom is 0.273 e. The van der Waals surface area contributed by atoms with Crippen LogP contribution in [0.15, 0.2) is 75.6 Å². The number of aryl methyl sites for hydroxylation is 1. The summed E-state index contributed by atoms with van der Waals surface area (Å²) >= 11 is 1.73. The molecule has 156 valence electrons. The number of aromatic amines is 1. The van der Waals surface area contributed by atoms with Gasteiger partial charge in [-0.3, -0.25) is 19.5 Å². The first-order chi connectivity index (χ1) is 15.1. The van der Waals surface area contributed by atoms with Crippen LogP contribution in [0.25, 0.3) is 10.8 Å². The second kappa shape index (κ2) is 8.00. The van der Waals surface area contributed by atoms with Gasteiger partial charge in [0.2, 0.25) is 5.91 Å². The first-order valence-electron chi connectivity index (χ1n) is 10.3. The maximum absolute atomic E-state index is 13.3. The van der Waals surface area contributed by atoms with Gasteiger partial charge in [0.1, 0.15) is 0 Å². The van der Waals surface area contributed by atoms with E-state index in [9.17, 15) is 14.4 Å². The molecule has 1 aliphatic rings. The summed E-state index contributed by atoms with van der Waals surface area (Å²) < 4.78 is 1.25. The van der Waals surface area contributed by atoms with E-state index in [1.54, 1.807) is 35.6 Å². The van der Waals surface area contributed by atoms with Crippen LogP contribution < -0.4 is 11.1 Å². The number of carbonyl (C=O) groups excluding carboxylic acids is 1. The molecule has 7 heteroatoms. The van der Waals surface area contributed by atoms with Crippen LogP contribution in [0.1, 0.15) is 28.5 Å². The summed E-state index contributed by atoms with van der Waals surface area (Å²) in [7, 11) is 0. The van der Waals surface area contributed by atoms with E-state index in [1.165, 1.54) is 15.1 Å². The van der Waals surface area contributed by atoms with Crippen molar-refractivity contribution in [2.75, 3.05) is 6.54 Å². The molecule has 2 aromatic carbocycles. The van der Waals surface area contributed by atoms with Crippen LogP contribution in [0.4, 0.5) is 0 Å². The van der Waals surface area contributed by atoms with Crippen LogP contribution in [0, 0.1) is 0 Å². The highest BCUT2D eigenvalue weighted by Crippen LogP contribution is 2.37. The molecule has 5 rings (SSSR count). The quantitative estimate of drug-likeness (QED) is 0.539. The van der Waals surface area contributed by atoms with E-state index in [-0.39, 0.29) is 36.0 Å². The molecule has 0 saturated heterocycles. The molecule has 31 heavy (non-hydrogen) atoms. The van der Waals surface area contributed by atoms with Gasteiger partial charge in [0, 0.05) is 17.8 Å². The predicted molar refractivity (Wildman–Crippen MR) is 121 cm³/mol. The second-order valence-electron chi connectivity index (χ2n) is 7.64. The Kier molecular flexibility index (Phi) is 5.03. The zero-order valence-electron chi connectivity index (χ0n) is 16.8. The van der Waals surface area contributed by atoms with Crippen molar-refractivity contribution in [1.29, 1.82) is 0 Å². The molecular weight excluding hydrogens is 410 g/mol. The van der Waals surface area contributed by atoms with Crippen LogP contribution in [0.3, 0.4) is 0 Å². The first-order valence-corrected chi connectivity index (χ1v) is 11.1. The van der Waals surface area contributed by atoms with Gasteiger partial charge < -0.3 is 4.90 Å². The van der Waals surface area contributed by atoms with Crippen molar-refractivity contribution in [3.8, 4) is 0 Å². The Hall–Kier alpha value is -3.45. The number of amides is 1. The third-order valence-electron chi connectivity index (χ3n) is 5.83. The van der Waals surface area contributed by atoms with Crippen molar-refractivity contribution in [2.45, 2.75) is 25.4 Å². The molecule has 3 heterocycles. The van der Waals surface area contributed by atoms with Gasteiger partial charge in [-0.1, -0.05) is 42.5 Å². The summed E-state index contributed by atoms with van der Waals surface area (Å²) in [4.78, 5) is 41.6. The molecule has 1 aliphatic heterocycles. The summed E-state index contributed by atoms with van der Waals surface area (Å²) in [6.45, 7) is 0.765. The lowest BCUT2D eigenvalue weighted by atomic mass is 9.93. The van der Waals surface area contributed by atoms with Gasteiger partial charge in [-0.25, -0.2) is 4.68 Å². The Bertz CT molecular complexity index is 1370. The fraction of sp³-hybridized carbons (Fsp3) is 0.208. The van der Waals surface area contributed by atoms with Gasteiger partial charge >= 0.3 is 0 Å². The minimum atomic E-state index is -0.328. The smallest absolute Gasteiger partial charge is 0.273 e. The molecule has 0 bridgehead atoms. The number of nitrogens with zero attached hydrogens (tertiary/aromatic N) is 2. The molecule has 0 spiro atoms. The monoisotopic (exact) mass is 431 g/mol. The number of rotatable bonds is 4. The lowest BCUT2D eigenvalue weighted by Crippen LogP contribution is -2.41. The molecular formula is C24H21N3O3S. The average Bonchev–Trinajstić information content (AvgIpc) is 3.29. The van der Waals surface area contributed by atoms with Crippen LogP contribution >= 0.6 is 11.3 Å². The number of fused-ring (bicyclic) bond motifs is 2. The minimum Gasteiger partial charge on any atom is -0.331 e. The van der Waals surface area contributed by atoms with Crippen molar-refractivity contribution >= 4 is 28.0 Å². The van der Waals surface area contributed by atoms with Crippen molar-refractivity contribution in [1.82, 2.24) is 14.7 Å². The Balaban J connectivity index is 1.43. The number of nitrogens with one attached hydrogen (secondary N) is 1. The third kappa shape index (κ3) is 3.51. The van der Waals surface area contributed by atoms with Crippen LogP contribution in [0.5, 0.6) is 0 Å². The number of aromatic nitrogens is 2. The second-order valence-corrected chi connectivity index (χ2v) is 8.64. The van der Waals surface area contributed by atoms with Gasteiger partial charge in [0.15, 0.2) is 0 Å². The maximum atomic E-state index is 13.3. The van der Waals surface area contributed by atoms with E-state index >= 15 is 0 Å². The van der Waals surface area contributed by atoms with E-state index in [0.29, 0.717) is 17.3 Å². The van der Waals surface area contributed by atoms with Crippen LogP contribution in [-0.2, 0) is 17.8 Å². The van der Waals surface area contributed by atoms with Crippen molar-refractivity contribution in [3.05, 3.63) is 103 Å². The number of hydrogen-bond donors (Lipinski definition) is 1. The standard InChI is InChI=1S/C24H21N3O3S/c28-21(11-14-27-24(30)18-9-5-4-8-17(18)23(29)25-27)26-13-10-20-19(12-15-31-20)22(26)16-6-2-1-3-7-16/h1-9,12,15,22H,10-11,13-14H2,(H,25,29)/t22-/m1/s1. The van der Waals surface area contributed by atoms with Crippen LogP contribution in [0.2, 0.25) is 0 Å². The lowest BCUT2D eigenvalue weighted by molar-refractivity contribution is -0.133. The summed E-state index contributed by atoms with van der Waals surface area (Å²) in [5, 5.41) is 5.41. The van der Waals surface area contributed by atoms with Crippen LogP contribution in [-0.4, -0.2) is 27.1 Å². The molecule has 6 nitrogen and oxygen atoms in total. The first kappa shape index (κ1) is 19.5. The molecule has 1 atom stereocenters. The van der Waals surface area contributed by atoms with Crippen molar-refractivity contribution in [2.24, 2.45) is 0 Å². The highest BCUT2D eigenvalue weighted by molar-refractivity contribution is 7.10. The summed E-state index contributed by atoms with van der Waals surface area (Å²) in [6.07, 6.45) is 0.964. The van der Waals surface area contributed by atoms with E-state index in [0.717, 1.165) is 12.0 Å². The van der Waals surface area contributed by atoms with E-state index in [1.807, 2.05) is 35.2 Å². The number of carbonyl (C=O) groups is 1. The Labute approximate surface area is 182 Å². The average molecular weight is 432 g/mol. The number of hydrogen-bond acceptors (Lipinski definition) is 4. The number of H-pyrrole nitrogens is 1. The lowest BCUT2D eigenvalue weighted by Gasteiger charge is -2.36. The highest BCUT2D eigenvalue weighted by atomic mass is 32.1. The van der Waals surface area contributed by atoms with Gasteiger partial charge in [-0.2, -0.15) is 0 Å². The summed E-state index contributed by atoms with van der Waals surface area (Å²) in [5.74, 6) is -0.0355. The van der Waals surface area contributed by atoms with E-state index < -0.39 is 0 Å². The van der Waals surface area contributed by atoms with Crippen molar-refractivity contribution < 1.29 is 4.79 Å². The summed E-state index contributed by atoms with van der Waals surface area (Å²) in [5.41, 5.74) is 1.63. The Morgan fingerprint density at radius 3 is 2.55 bits per heavy atom. The number of thiophene rings is 1. The molecule has 4 aromatic rings. The molecule has 0 unspecified atom stereocenters. The highest BCUT2D eigenvalue weighted by Gasteiger charge is 2.32. The van der Waals surface area contributed by atoms with E-state index in [2.05, 4.69) is 16.5 Å².